The highest BCUT2D eigenvalue weighted by atomic mass is 79.9. The van der Waals surface area contributed by atoms with Crippen LogP contribution in [-0.2, 0) is 12.8 Å². The van der Waals surface area contributed by atoms with Crippen LogP contribution in [0.25, 0.3) is 0 Å². The van der Waals surface area contributed by atoms with Gasteiger partial charge in [-0.2, -0.15) is 0 Å². The normalized spacial score (nSPS) is 18.3. The Morgan fingerprint density at radius 3 is 3.00 bits per heavy atom. The van der Waals surface area contributed by atoms with Crippen LogP contribution in [0.4, 0.5) is 0 Å². The molecule has 1 aliphatic heterocycles. The lowest BCUT2D eigenvalue weighted by atomic mass is 10.1. The number of hydrogen-bond acceptors (Lipinski definition) is 3. The summed E-state index contributed by atoms with van der Waals surface area (Å²) < 4.78 is 7.11. The first-order chi connectivity index (χ1) is 10.1. The van der Waals surface area contributed by atoms with Gasteiger partial charge in [-0.3, -0.25) is 0 Å². The van der Waals surface area contributed by atoms with Crippen molar-refractivity contribution in [2.45, 2.75) is 38.8 Å². The lowest BCUT2D eigenvalue weighted by Gasteiger charge is -2.16. The third-order valence-corrected chi connectivity index (χ3v) is 5.28. The second-order valence-corrected chi connectivity index (χ2v) is 8.01. The number of nitrogens with one attached hydrogen (secondary N) is 1. The zero-order valence-corrected chi connectivity index (χ0v) is 14.8. The molecule has 0 saturated heterocycles. The number of thiophene rings is 1. The highest BCUT2D eigenvalue weighted by molar-refractivity contribution is 9.10. The van der Waals surface area contributed by atoms with Gasteiger partial charge in [-0.25, -0.2) is 0 Å². The van der Waals surface area contributed by atoms with E-state index in [1.807, 2.05) is 17.4 Å². The second-order valence-electron chi connectivity index (χ2n) is 5.72. The Labute approximate surface area is 138 Å². The summed E-state index contributed by atoms with van der Waals surface area (Å²) in [6.45, 7) is 5.31. The summed E-state index contributed by atoms with van der Waals surface area (Å²) in [5.41, 5.74) is 1.30. The maximum absolute atomic E-state index is 5.99. The molecule has 1 aliphatic rings. The molecule has 3 rings (SSSR count). The molecule has 112 valence electrons. The Balaban J connectivity index is 1.48. The maximum atomic E-state index is 5.99. The van der Waals surface area contributed by atoms with Crippen LogP contribution in [0, 0.1) is 6.92 Å². The van der Waals surface area contributed by atoms with Crippen LogP contribution in [0.5, 0.6) is 5.75 Å². The van der Waals surface area contributed by atoms with Gasteiger partial charge < -0.3 is 10.1 Å². The van der Waals surface area contributed by atoms with Gasteiger partial charge in [-0.15, -0.1) is 11.3 Å². The van der Waals surface area contributed by atoms with E-state index < -0.39 is 0 Å². The van der Waals surface area contributed by atoms with E-state index in [9.17, 15) is 0 Å². The smallest absolute Gasteiger partial charge is 0.123 e. The van der Waals surface area contributed by atoms with E-state index in [4.69, 9.17) is 4.74 Å². The Kier molecular flexibility index (Phi) is 4.67. The van der Waals surface area contributed by atoms with Gasteiger partial charge >= 0.3 is 0 Å². The van der Waals surface area contributed by atoms with Gasteiger partial charge in [0.05, 0.1) is 0 Å². The van der Waals surface area contributed by atoms with Crippen molar-refractivity contribution in [1.82, 2.24) is 5.32 Å². The van der Waals surface area contributed by atoms with Crippen molar-refractivity contribution >= 4 is 27.3 Å². The number of ether oxygens (including phenoxy) is 1. The molecule has 4 heteroatoms. The Hall–Kier alpha value is -0.840. The third-order valence-electron chi connectivity index (χ3n) is 3.76. The van der Waals surface area contributed by atoms with E-state index in [1.165, 1.54) is 15.3 Å². The molecule has 2 heterocycles. The summed E-state index contributed by atoms with van der Waals surface area (Å²) in [6.07, 6.45) is 2.33. The van der Waals surface area contributed by atoms with Gasteiger partial charge in [0.2, 0.25) is 0 Å². The van der Waals surface area contributed by atoms with Crippen LogP contribution >= 0.6 is 27.3 Å². The lowest BCUT2D eigenvalue weighted by molar-refractivity contribution is 0.222. The minimum atomic E-state index is 0.252. The number of fused-ring (bicyclic) bond motifs is 1. The van der Waals surface area contributed by atoms with E-state index >= 15 is 0 Å². The SMILES string of the molecule is Cc1ccc(CC(C)NCC2Cc3cc(Br)ccc3O2)s1. The molecule has 2 nitrogen and oxygen atoms in total. The molecule has 0 saturated carbocycles. The van der Waals surface area contributed by atoms with Gasteiger partial charge in [0.25, 0.3) is 0 Å². The average Bonchev–Trinajstić information content (AvgIpc) is 3.02. The largest absolute Gasteiger partial charge is 0.488 e. The molecule has 2 aromatic rings. The molecular formula is C17H20BrNOS. The molecule has 0 fully saturated rings. The Morgan fingerprint density at radius 1 is 1.38 bits per heavy atom. The molecule has 2 unspecified atom stereocenters. The lowest BCUT2D eigenvalue weighted by Crippen LogP contribution is -2.36. The topological polar surface area (TPSA) is 21.3 Å². The highest BCUT2D eigenvalue weighted by Gasteiger charge is 2.23. The fraction of sp³-hybridized carbons (Fsp3) is 0.412. The molecule has 1 aromatic heterocycles. The highest BCUT2D eigenvalue weighted by Crippen LogP contribution is 2.31. The van der Waals surface area contributed by atoms with Crippen molar-refractivity contribution in [3.8, 4) is 5.75 Å². The second kappa shape index (κ2) is 6.51. The minimum Gasteiger partial charge on any atom is -0.488 e. The Bertz CT molecular complexity index is 625. The van der Waals surface area contributed by atoms with Gasteiger partial charge in [0.1, 0.15) is 11.9 Å². The number of aryl methyl sites for hydroxylation is 1. The Morgan fingerprint density at radius 2 is 2.24 bits per heavy atom. The van der Waals surface area contributed by atoms with Crippen LogP contribution in [0.3, 0.4) is 0 Å². The molecule has 21 heavy (non-hydrogen) atoms. The van der Waals surface area contributed by atoms with E-state index in [2.05, 4.69) is 59.4 Å². The monoisotopic (exact) mass is 365 g/mol. The summed E-state index contributed by atoms with van der Waals surface area (Å²) in [5, 5.41) is 3.60. The van der Waals surface area contributed by atoms with Crippen molar-refractivity contribution in [1.29, 1.82) is 0 Å². The van der Waals surface area contributed by atoms with E-state index in [1.54, 1.807) is 0 Å². The summed E-state index contributed by atoms with van der Waals surface area (Å²) in [4.78, 5) is 2.84. The standard InChI is InChI=1S/C17H20BrNOS/c1-11(7-16-5-3-12(2)21-16)19-10-15-9-13-8-14(18)4-6-17(13)20-15/h3-6,8,11,15,19H,7,9-10H2,1-2H3. The molecule has 0 radical (unpaired) electrons. The third kappa shape index (κ3) is 3.87. The minimum absolute atomic E-state index is 0.252. The fourth-order valence-corrected chi connectivity index (χ4v) is 4.13. The number of rotatable bonds is 5. The average molecular weight is 366 g/mol. The molecule has 2 atom stereocenters. The van der Waals surface area contributed by atoms with Gasteiger partial charge in [-0.05, 0) is 56.2 Å². The first-order valence-electron chi connectivity index (χ1n) is 7.34. The molecule has 0 spiro atoms. The van der Waals surface area contributed by atoms with Crippen molar-refractivity contribution in [2.75, 3.05) is 6.54 Å². The van der Waals surface area contributed by atoms with E-state index in [0.717, 1.165) is 29.6 Å². The van der Waals surface area contributed by atoms with Crippen LogP contribution in [-0.4, -0.2) is 18.7 Å². The molecule has 0 aliphatic carbocycles. The van der Waals surface area contributed by atoms with Crippen molar-refractivity contribution in [3.05, 3.63) is 50.1 Å². The molecular weight excluding hydrogens is 346 g/mol. The van der Waals surface area contributed by atoms with Gasteiger partial charge in [0.15, 0.2) is 0 Å². The number of hydrogen-bond donors (Lipinski definition) is 1. The molecule has 0 bridgehead atoms. The van der Waals surface area contributed by atoms with Gasteiger partial charge in [-0.1, -0.05) is 15.9 Å². The fourth-order valence-electron chi connectivity index (χ4n) is 2.70. The van der Waals surface area contributed by atoms with Crippen molar-refractivity contribution in [3.63, 3.8) is 0 Å². The van der Waals surface area contributed by atoms with E-state index in [-0.39, 0.29) is 6.10 Å². The summed E-state index contributed by atoms with van der Waals surface area (Å²) in [5.74, 6) is 1.03. The zero-order valence-electron chi connectivity index (χ0n) is 12.4. The predicted octanol–water partition coefficient (Wildman–Crippen LogP) is 4.34. The molecule has 1 aromatic carbocycles. The van der Waals surface area contributed by atoms with Crippen LogP contribution in [0.15, 0.2) is 34.8 Å². The van der Waals surface area contributed by atoms with Crippen molar-refractivity contribution < 1.29 is 4.74 Å². The van der Waals surface area contributed by atoms with Crippen LogP contribution < -0.4 is 10.1 Å². The first-order valence-corrected chi connectivity index (χ1v) is 8.95. The van der Waals surface area contributed by atoms with Crippen molar-refractivity contribution in [2.24, 2.45) is 0 Å². The molecule has 0 amide bonds. The summed E-state index contributed by atoms with van der Waals surface area (Å²) in [6, 6.07) is 11.2. The number of benzene rings is 1. The first kappa shape index (κ1) is 15.1. The molecule has 1 N–H and O–H groups in total. The van der Waals surface area contributed by atoms with Gasteiger partial charge in [0, 0.05) is 33.2 Å². The summed E-state index contributed by atoms with van der Waals surface area (Å²) >= 11 is 5.41. The number of halogens is 1. The predicted molar refractivity (Wildman–Crippen MR) is 92.5 cm³/mol. The summed E-state index contributed by atoms with van der Waals surface area (Å²) in [7, 11) is 0. The van der Waals surface area contributed by atoms with E-state index in [0.29, 0.717) is 6.04 Å². The maximum Gasteiger partial charge on any atom is 0.123 e. The van der Waals surface area contributed by atoms with Crippen LogP contribution in [0.2, 0.25) is 0 Å². The van der Waals surface area contributed by atoms with Crippen LogP contribution in [0.1, 0.15) is 22.2 Å². The zero-order chi connectivity index (χ0) is 14.8. The quantitative estimate of drug-likeness (QED) is 0.850.